The number of carboxylic acid groups (broad SMARTS) is 2. The summed E-state index contributed by atoms with van der Waals surface area (Å²) in [6.07, 6.45) is -0.220. The van der Waals surface area contributed by atoms with Gasteiger partial charge in [0.25, 0.3) is 0 Å². The van der Waals surface area contributed by atoms with E-state index in [-0.39, 0.29) is 6.42 Å². The van der Waals surface area contributed by atoms with Gasteiger partial charge in [0, 0.05) is 0 Å². The standard InChI is InChI=1S/C10H9FO4/c11-7-3-1-2-6(4-7)5-8(9(12)13)10(14)15/h1-4,8H,5H2,(H,12,13)(H,14,15). The van der Waals surface area contributed by atoms with Crippen molar-refractivity contribution < 1.29 is 24.2 Å². The zero-order valence-electron chi connectivity index (χ0n) is 7.68. The van der Waals surface area contributed by atoms with Gasteiger partial charge in [0.1, 0.15) is 5.82 Å². The van der Waals surface area contributed by atoms with E-state index in [0.717, 1.165) is 6.07 Å². The third kappa shape index (κ3) is 3.05. The van der Waals surface area contributed by atoms with Crippen molar-refractivity contribution in [3.8, 4) is 0 Å². The molecule has 0 radical (unpaired) electrons. The quantitative estimate of drug-likeness (QED) is 0.734. The fourth-order valence-corrected chi connectivity index (χ4v) is 1.18. The van der Waals surface area contributed by atoms with Crippen LogP contribution in [-0.2, 0) is 16.0 Å². The summed E-state index contributed by atoms with van der Waals surface area (Å²) in [7, 11) is 0. The first kappa shape index (κ1) is 11.2. The van der Waals surface area contributed by atoms with Gasteiger partial charge in [-0.05, 0) is 24.1 Å². The summed E-state index contributed by atoms with van der Waals surface area (Å²) in [5.74, 6) is -4.90. The molecule has 1 aromatic rings. The highest BCUT2D eigenvalue weighted by Crippen LogP contribution is 2.11. The number of halogens is 1. The largest absolute Gasteiger partial charge is 0.481 e. The van der Waals surface area contributed by atoms with Crippen molar-refractivity contribution in [3.63, 3.8) is 0 Å². The third-order valence-corrected chi connectivity index (χ3v) is 1.93. The third-order valence-electron chi connectivity index (χ3n) is 1.93. The number of benzene rings is 1. The van der Waals surface area contributed by atoms with E-state index in [1.54, 1.807) is 0 Å². The Labute approximate surface area is 85.0 Å². The summed E-state index contributed by atoms with van der Waals surface area (Å²) < 4.78 is 12.7. The van der Waals surface area contributed by atoms with Gasteiger partial charge in [-0.1, -0.05) is 12.1 Å². The van der Waals surface area contributed by atoms with Gasteiger partial charge in [0.05, 0.1) is 0 Å². The molecule has 80 valence electrons. The summed E-state index contributed by atoms with van der Waals surface area (Å²) in [6, 6.07) is 5.23. The number of rotatable bonds is 4. The molecule has 5 heteroatoms. The van der Waals surface area contributed by atoms with Crippen LogP contribution in [0.2, 0.25) is 0 Å². The van der Waals surface area contributed by atoms with Crippen LogP contribution in [0.1, 0.15) is 5.56 Å². The molecule has 0 unspecified atom stereocenters. The normalized spacial score (nSPS) is 10.3. The van der Waals surface area contributed by atoms with Crippen LogP contribution in [0.15, 0.2) is 24.3 Å². The summed E-state index contributed by atoms with van der Waals surface area (Å²) in [6.45, 7) is 0. The second-order valence-corrected chi connectivity index (χ2v) is 3.06. The molecule has 0 atom stereocenters. The van der Waals surface area contributed by atoms with Crippen LogP contribution >= 0.6 is 0 Å². The van der Waals surface area contributed by atoms with Crippen molar-refractivity contribution in [2.24, 2.45) is 5.92 Å². The van der Waals surface area contributed by atoms with Crippen LogP contribution in [0.3, 0.4) is 0 Å². The van der Waals surface area contributed by atoms with Gasteiger partial charge in [-0.25, -0.2) is 4.39 Å². The Bertz CT molecular complexity index is 375. The lowest BCUT2D eigenvalue weighted by molar-refractivity contribution is -0.154. The molecule has 0 aliphatic heterocycles. The Morgan fingerprint density at radius 2 is 1.87 bits per heavy atom. The van der Waals surface area contributed by atoms with Crippen molar-refractivity contribution in [3.05, 3.63) is 35.6 Å². The van der Waals surface area contributed by atoms with E-state index >= 15 is 0 Å². The maximum absolute atomic E-state index is 12.7. The molecule has 0 bridgehead atoms. The van der Waals surface area contributed by atoms with Crippen molar-refractivity contribution in [2.75, 3.05) is 0 Å². The van der Waals surface area contributed by atoms with Crippen molar-refractivity contribution in [1.82, 2.24) is 0 Å². The number of carbonyl (C=O) groups is 2. The zero-order chi connectivity index (χ0) is 11.4. The maximum atomic E-state index is 12.7. The van der Waals surface area contributed by atoms with E-state index in [9.17, 15) is 14.0 Å². The highest BCUT2D eigenvalue weighted by Gasteiger charge is 2.25. The molecule has 4 nitrogen and oxygen atoms in total. The second-order valence-electron chi connectivity index (χ2n) is 3.06. The van der Waals surface area contributed by atoms with E-state index in [0.29, 0.717) is 5.56 Å². The Kier molecular flexibility index (Phi) is 3.38. The monoisotopic (exact) mass is 212 g/mol. The van der Waals surface area contributed by atoms with Crippen molar-refractivity contribution in [1.29, 1.82) is 0 Å². The SMILES string of the molecule is O=C(O)C(Cc1cccc(F)c1)C(=O)O. The molecule has 0 heterocycles. The molecule has 0 amide bonds. The summed E-state index contributed by atoms with van der Waals surface area (Å²) in [5.41, 5.74) is 0.352. The van der Waals surface area contributed by atoms with Crippen molar-refractivity contribution in [2.45, 2.75) is 6.42 Å². The average molecular weight is 212 g/mol. The minimum atomic E-state index is -1.54. The van der Waals surface area contributed by atoms with E-state index in [1.807, 2.05) is 0 Å². The van der Waals surface area contributed by atoms with Gasteiger partial charge < -0.3 is 10.2 Å². The molecule has 0 saturated carbocycles. The highest BCUT2D eigenvalue weighted by molar-refractivity contribution is 5.93. The molecule has 0 fully saturated rings. The fourth-order valence-electron chi connectivity index (χ4n) is 1.18. The molecule has 1 aromatic carbocycles. The Balaban J connectivity index is 2.83. The average Bonchev–Trinajstić information content (AvgIpc) is 2.13. The van der Waals surface area contributed by atoms with E-state index in [2.05, 4.69) is 0 Å². The summed E-state index contributed by atoms with van der Waals surface area (Å²) >= 11 is 0. The van der Waals surface area contributed by atoms with Crippen LogP contribution in [-0.4, -0.2) is 22.2 Å². The lowest BCUT2D eigenvalue weighted by Gasteiger charge is -2.06. The van der Waals surface area contributed by atoms with Gasteiger partial charge in [-0.15, -0.1) is 0 Å². The van der Waals surface area contributed by atoms with Gasteiger partial charge in [0.15, 0.2) is 5.92 Å². The van der Waals surface area contributed by atoms with Gasteiger partial charge in [-0.3, -0.25) is 9.59 Å². The predicted octanol–water partition coefficient (Wildman–Crippen LogP) is 1.15. The van der Waals surface area contributed by atoms with E-state index in [4.69, 9.17) is 10.2 Å². The first-order valence-electron chi connectivity index (χ1n) is 4.20. The molecule has 1 rings (SSSR count). The first-order valence-corrected chi connectivity index (χ1v) is 4.20. The predicted molar refractivity (Wildman–Crippen MR) is 48.9 cm³/mol. The molecular formula is C10H9FO4. The van der Waals surface area contributed by atoms with Crippen molar-refractivity contribution >= 4 is 11.9 Å². The van der Waals surface area contributed by atoms with Crippen LogP contribution in [0.5, 0.6) is 0 Å². The van der Waals surface area contributed by atoms with E-state index < -0.39 is 23.7 Å². The van der Waals surface area contributed by atoms with Gasteiger partial charge in [0.2, 0.25) is 0 Å². The summed E-state index contributed by atoms with van der Waals surface area (Å²) in [4.78, 5) is 21.1. The van der Waals surface area contributed by atoms with Crippen LogP contribution in [0.25, 0.3) is 0 Å². The van der Waals surface area contributed by atoms with Crippen LogP contribution in [0.4, 0.5) is 4.39 Å². The second kappa shape index (κ2) is 4.54. The molecule has 0 aliphatic carbocycles. The lowest BCUT2D eigenvalue weighted by Crippen LogP contribution is -2.25. The first-order chi connectivity index (χ1) is 7.00. The summed E-state index contributed by atoms with van der Waals surface area (Å²) in [5, 5.41) is 17.2. The van der Waals surface area contributed by atoms with Gasteiger partial charge in [-0.2, -0.15) is 0 Å². The van der Waals surface area contributed by atoms with Gasteiger partial charge >= 0.3 is 11.9 Å². The minimum Gasteiger partial charge on any atom is -0.481 e. The Morgan fingerprint density at radius 1 is 1.27 bits per heavy atom. The zero-order valence-corrected chi connectivity index (χ0v) is 7.68. The van der Waals surface area contributed by atoms with E-state index in [1.165, 1.54) is 18.2 Å². The number of hydrogen-bond acceptors (Lipinski definition) is 2. The number of aliphatic carboxylic acids is 2. The molecule has 0 spiro atoms. The van der Waals surface area contributed by atoms with Crippen LogP contribution < -0.4 is 0 Å². The molecule has 0 saturated heterocycles. The smallest absolute Gasteiger partial charge is 0.318 e. The fraction of sp³-hybridized carbons (Fsp3) is 0.200. The number of carboxylic acids is 2. The molecular weight excluding hydrogens is 203 g/mol. The Morgan fingerprint density at radius 3 is 2.33 bits per heavy atom. The maximum Gasteiger partial charge on any atom is 0.318 e. The highest BCUT2D eigenvalue weighted by atomic mass is 19.1. The molecule has 2 N–H and O–H groups in total. The lowest BCUT2D eigenvalue weighted by atomic mass is 10.00. The topological polar surface area (TPSA) is 74.6 Å². The Hall–Kier alpha value is -1.91. The molecule has 15 heavy (non-hydrogen) atoms. The number of hydrogen-bond donors (Lipinski definition) is 2. The van der Waals surface area contributed by atoms with Crippen LogP contribution in [0, 0.1) is 11.7 Å². The molecule has 0 aromatic heterocycles. The molecule has 0 aliphatic rings. The minimum absolute atomic E-state index is 0.220.